The third-order valence-corrected chi connectivity index (χ3v) is 8.76. The zero-order valence-corrected chi connectivity index (χ0v) is 25.0. The average molecular weight is 679 g/mol. The molecule has 270 valence electrons. The summed E-state index contributed by atoms with van der Waals surface area (Å²) < 4.78 is 44.0. The van der Waals surface area contributed by atoms with Crippen molar-refractivity contribution in [3.63, 3.8) is 0 Å². The summed E-state index contributed by atoms with van der Waals surface area (Å²) in [6.07, 6.45) is -30.2. The summed E-state index contributed by atoms with van der Waals surface area (Å²) >= 11 is 0. The van der Waals surface area contributed by atoms with Crippen LogP contribution < -0.4 is 0 Å². The molecule has 4 rings (SSSR count). The molecule has 0 saturated carbocycles. The van der Waals surface area contributed by atoms with E-state index in [0.29, 0.717) is 0 Å². The average Bonchev–Trinajstić information content (AvgIpc) is 3.05. The van der Waals surface area contributed by atoms with Gasteiger partial charge in [-0.2, -0.15) is 0 Å². The molecule has 46 heavy (non-hydrogen) atoms. The SMILES string of the molecule is CO[C@@H]1OC(CO)[C@@H](O[C@@H]2OC(CO)[C@H](O[C@H]3OC(CO)[C@H](O)[C@H](O[C@@H]4OC(CO)[C@H](O)C(O)[C@@H]4C)C3O)C(O)[C@@H]2O)C(O)[C@@H]1O. The van der Waals surface area contributed by atoms with Gasteiger partial charge in [0.1, 0.15) is 85.5 Å². The second-order valence-corrected chi connectivity index (χ2v) is 11.7. The van der Waals surface area contributed by atoms with E-state index in [9.17, 15) is 61.3 Å². The van der Waals surface area contributed by atoms with Crippen LogP contribution in [0.15, 0.2) is 0 Å². The number of methoxy groups -OCH3 is 1. The summed E-state index contributed by atoms with van der Waals surface area (Å²) in [6, 6.07) is 0. The van der Waals surface area contributed by atoms with Crippen molar-refractivity contribution in [3.8, 4) is 0 Å². The van der Waals surface area contributed by atoms with Crippen LogP contribution in [0.4, 0.5) is 0 Å². The van der Waals surface area contributed by atoms with Crippen molar-refractivity contribution in [2.45, 2.75) is 124 Å². The molecule has 20 nitrogen and oxygen atoms in total. The number of aliphatic hydroxyl groups is 12. The quantitative estimate of drug-likeness (QED) is 0.0965. The Bertz CT molecular complexity index is 928. The summed E-state index contributed by atoms with van der Waals surface area (Å²) in [4.78, 5) is 0. The number of aliphatic hydroxyl groups excluding tert-OH is 12. The molecule has 8 unspecified atom stereocenters. The molecule has 4 aliphatic rings. The molecule has 20 atom stereocenters. The van der Waals surface area contributed by atoms with Crippen LogP contribution in [-0.2, 0) is 37.9 Å². The molecular formula is C26H46O20. The van der Waals surface area contributed by atoms with Gasteiger partial charge in [-0.1, -0.05) is 6.92 Å². The van der Waals surface area contributed by atoms with E-state index in [-0.39, 0.29) is 0 Å². The maximum Gasteiger partial charge on any atom is 0.187 e. The van der Waals surface area contributed by atoms with E-state index in [1.807, 2.05) is 0 Å². The molecule has 0 radical (unpaired) electrons. The molecule has 0 bridgehead atoms. The molecule has 0 aromatic carbocycles. The van der Waals surface area contributed by atoms with Gasteiger partial charge in [-0.05, 0) is 0 Å². The van der Waals surface area contributed by atoms with Crippen molar-refractivity contribution in [1.82, 2.24) is 0 Å². The van der Waals surface area contributed by atoms with E-state index in [1.165, 1.54) is 14.0 Å². The summed E-state index contributed by atoms with van der Waals surface area (Å²) in [5.74, 6) is -0.925. The topological polar surface area (TPSA) is 317 Å². The lowest BCUT2D eigenvalue weighted by Gasteiger charge is -2.49. The Kier molecular flexibility index (Phi) is 13.4. The highest BCUT2D eigenvalue weighted by molar-refractivity contribution is 4.97. The van der Waals surface area contributed by atoms with Crippen LogP contribution in [0.5, 0.6) is 0 Å². The smallest absolute Gasteiger partial charge is 0.187 e. The zero-order chi connectivity index (χ0) is 34.0. The first-order chi connectivity index (χ1) is 21.8. The van der Waals surface area contributed by atoms with Gasteiger partial charge in [0, 0.05) is 13.0 Å². The second kappa shape index (κ2) is 16.3. The van der Waals surface area contributed by atoms with E-state index in [0.717, 1.165) is 0 Å². The molecule has 0 aromatic heterocycles. The lowest BCUT2D eigenvalue weighted by atomic mass is 9.92. The highest BCUT2D eigenvalue weighted by Gasteiger charge is 2.55. The van der Waals surface area contributed by atoms with E-state index < -0.39 is 149 Å². The van der Waals surface area contributed by atoms with Crippen LogP contribution in [0.3, 0.4) is 0 Å². The third kappa shape index (κ3) is 7.51. The Balaban J connectivity index is 1.48. The van der Waals surface area contributed by atoms with Gasteiger partial charge in [0.05, 0.1) is 32.5 Å². The van der Waals surface area contributed by atoms with Crippen LogP contribution in [0, 0.1) is 5.92 Å². The Morgan fingerprint density at radius 2 is 0.804 bits per heavy atom. The molecule has 0 amide bonds. The maximum atomic E-state index is 11.1. The fourth-order valence-electron chi connectivity index (χ4n) is 5.92. The van der Waals surface area contributed by atoms with Crippen LogP contribution in [0.1, 0.15) is 6.92 Å². The molecule has 20 heteroatoms. The lowest BCUT2D eigenvalue weighted by molar-refractivity contribution is -0.387. The maximum absolute atomic E-state index is 11.1. The highest BCUT2D eigenvalue weighted by atomic mass is 16.8. The van der Waals surface area contributed by atoms with Gasteiger partial charge >= 0.3 is 0 Å². The normalized spacial score (nSPS) is 52.0. The molecule has 12 N–H and O–H groups in total. The van der Waals surface area contributed by atoms with Crippen molar-refractivity contribution in [3.05, 3.63) is 0 Å². The Hall–Kier alpha value is -0.800. The summed E-state index contributed by atoms with van der Waals surface area (Å²) in [5.41, 5.74) is 0. The first kappa shape index (κ1) is 38.0. The van der Waals surface area contributed by atoms with Crippen molar-refractivity contribution < 1.29 is 99.2 Å². The molecule has 0 spiro atoms. The number of hydrogen-bond acceptors (Lipinski definition) is 20. The van der Waals surface area contributed by atoms with Gasteiger partial charge in [-0.3, -0.25) is 0 Å². The highest BCUT2D eigenvalue weighted by Crippen LogP contribution is 2.35. The number of rotatable bonds is 11. The van der Waals surface area contributed by atoms with Crippen LogP contribution in [0.25, 0.3) is 0 Å². The van der Waals surface area contributed by atoms with Gasteiger partial charge in [0.2, 0.25) is 0 Å². The minimum Gasteiger partial charge on any atom is -0.394 e. The van der Waals surface area contributed by atoms with Gasteiger partial charge < -0.3 is 99.2 Å². The molecule has 0 aliphatic carbocycles. The van der Waals surface area contributed by atoms with Crippen molar-refractivity contribution in [2.24, 2.45) is 5.92 Å². The summed E-state index contributed by atoms with van der Waals surface area (Å²) in [6.45, 7) is -1.63. The minimum absolute atomic E-state index is 0.689. The third-order valence-electron chi connectivity index (χ3n) is 8.76. The van der Waals surface area contributed by atoms with Crippen molar-refractivity contribution in [2.75, 3.05) is 33.5 Å². The largest absolute Gasteiger partial charge is 0.394 e. The second-order valence-electron chi connectivity index (χ2n) is 11.7. The van der Waals surface area contributed by atoms with E-state index in [1.54, 1.807) is 0 Å². The lowest BCUT2D eigenvalue weighted by Crippen LogP contribution is -2.67. The van der Waals surface area contributed by atoms with Crippen LogP contribution >= 0.6 is 0 Å². The monoisotopic (exact) mass is 678 g/mol. The van der Waals surface area contributed by atoms with Gasteiger partial charge in [-0.25, -0.2) is 0 Å². The van der Waals surface area contributed by atoms with Gasteiger partial charge in [0.15, 0.2) is 25.2 Å². The molecule has 4 fully saturated rings. The molecule has 4 heterocycles. The van der Waals surface area contributed by atoms with Gasteiger partial charge in [-0.15, -0.1) is 0 Å². The zero-order valence-electron chi connectivity index (χ0n) is 25.0. The predicted octanol–water partition coefficient (Wildman–Crippen LogP) is -7.82. The number of ether oxygens (including phenoxy) is 8. The van der Waals surface area contributed by atoms with Crippen LogP contribution in [-0.4, -0.2) is 212 Å². The minimum atomic E-state index is -1.96. The van der Waals surface area contributed by atoms with Crippen molar-refractivity contribution >= 4 is 0 Å². The van der Waals surface area contributed by atoms with E-state index >= 15 is 0 Å². The standard InChI is InChI=1S/C26H46O20/c1-7-12(31)13(32)8(3-27)40-23(7)46-22-14(33)9(4-28)41-26(19(22)38)45-21-11(6-30)43-25(18(37)16(21)35)44-20-10(5-29)42-24(39-2)17(36)15(20)34/h7-38H,3-6H2,1-2H3/t7-,8?,9?,10?,11?,12?,13-,14-,15?,16?,17-,18-,19?,20+,21-,22-,23-,24+,25-,26+/m0/s1. The molecule has 4 saturated heterocycles. The molecular weight excluding hydrogens is 632 g/mol. The number of hydrogen-bond donors (Lipinski definition) is 12. The first-order valence-electron chi connectivity index (χ1n) is 14.8. The first-order valence-corrected chi connectivity index (χ1v) is 14.8. The molecule has 4 aliphatic heterocycles. The van der Waals surface area contributed by atoms with E-state index in [4.69, 9.17) is 37.9 Å². The predicted molar refractivity (Wildman–Crippen MR) is 142 cm³/mol. The van der Waals surface area contributed by atoms with Crippen molar-refractivity contribution in [1.29, 1.82) is 0 Å². The van der Waals surface area contributed by atoms with Crippen LogP contribution in [0.2, 0.25) is 0 Å². The van der Waals surface area contributed by atoms with Gasteiger partial charge in [0.25, 0.3) is 0 Å². The fraction of sp³-hybridized carbons (Fsp3) is 1.00. The van der Waals surface area contributed by atoms with E-state index in [2.05, 4.69) is 0 Å². The Morgan fingerprint density at radius 1 is 0.413 bits per heavy atom. The molecule has 0 aromatic rings. The summed E-state index contributed by atoms with van der Waals surface area (Å²) in [7, 11) is 1.20. The Labute approximate surface area is 262 Å². The Morgan fingerprint density at radius 3 is 1.30 bits per heavy atom. The fourth-order valence-corrected chi connectivity index (χ4v) is 5.92. The summed E-state index contributed by atoms with van der Waals surface area (Å²) in [5, 5.41) is 124.